The number of pyridine rings is 1. The highest BCUT2D eigenvalue weighted by Crippen LogP contribution is 2.32. The molecule has 4 heterocycles. The molecule has 222 valence electrons. The van der Waals surface area contributed by atoms with E-state index in [2.05, 4.69) is 20.6 Å². The van der Waals surface area contributed by atoms with Gasteiger partial charge in [-0.3, -0.25) is 14.5 Å². The zero-order valence-electron chi connectivity index (χ0n) is 22.4. The highest BCUT2D eigenvalue weighted by Gasteiger charge is 2.35. The Labute approximate surface area is 237 Å². The lowest BCUT2D eigenvalue weighted by Gasteiger charge is -2.37. The number of benzene rings is 1. The molecule has 5 rings (SSSR count). The molecule has 2 aromatic heterocycles. The van der Waals surface area contributed by atoms with Gasteiger partial charge in [0.05, 0.1) is 37.1 Å². The summed E-state index contributed by atoms with van der Waals surface area (Å²) in [6.07, 6.45) is 1.27. The van der Waals surface area contributed by atoms with Crippen LogP contribution in [0.3, 0.4) is 0 Å². The number of aromatic nitrogens is 4. The number of cyclic esters (lactones) is 1. The molecule has 2 saturated heterocycles. The van der Waals surface area contributed by atoms with Gasteiger partial charge in [0.2, 0.25) is 11.9 Å². The Morgan fingerprint density at radius 2 is 1.88 bits per heavy atom. The monoisotopic (exact) mass is 588 g/mol. The van der Waals surface area contributed by atoms with Crippen LogP contribution in [0, 0.1) is 17.6 Å². The van der Waals surface area contributed by atoms with Crippen molar-refractivity contribution in [1.82, 2.24) is 30.2 Å². The SMILES string of the molecule is C[C@H](NC(=O)c1cccnc1F)C(=O)N1CCN(c2c(F)cc(N3C[C@H](Cn4cc(CO)nn4)OC3=O)cc2F)CC1. The first kappa shape index (κ1) is 28.8. The number of carbonyl (C=O) groups excluding carboxylic acids is 3. The molecule has 1 aromatic carbocycles. The second-order valence-corrected chi connectivity index (χ2v) is 9.81. The number of rotatable bonds is 8. The minimum atomic E-state index is -0.971. The Morgan fingerprint density at radius 1 is 1.17 bits per heavy atom. The van der Waals surface area contributed by atoms with Gasteiger partial charge in [0.25, 0.3) is 5.91 Å². The number of carbonyl (C=O) groups is 3. The third-order valence-corrected chi connectivity index (χ3v) is 6.96. The second-order valence-electron chi connectivity index (χ2n) is 9.81. The molecule has 2 atom stereocenters. The third-order valence-electron chi connectivity index (χ3n) is 6.96. The van der Waals surface area contributed by atoms with Crippen LogP contribution in [0.1, 0.15) is 23.0 Å². The molecule has 0 spiro atoms. The quantitative estimate of drug-likeness (QED) is 0.369. The maximum Gasteiger partial charge on any atom is 0.414 e. The molecular weight excluding hydrogens is 561 g/mol. The Bertz CT molecular complexity index is 1470. The molecule has 42 heavy (non-hydrogen) atoms. The number of halogens is 3. The van der Waals surface area contributed by atoms with Crippen LogP contribution in [0.2, 0.25) is 0 Å². The van der Waals surface area contributed by atoms with Crippen LogP contribution in [0.15, 0.2) is 36.7 Å². The van der Waals surface area contributed by atoms with Crippen LogP contribution in [-0.4, -0.2) is 92.8 Å². The Morgan fingerprint density at radius 3 is 2.52 bits per heavy atom. The molecule has 2 fully saturated rings. The zero-order chi connectivity index (χ0) is 30.0. The molecule has 0 radical (unpaired) electrons. The molecular formula is C26H27F3N8O5. The van der Waals surface area contributed by atoms with Gasteiger partial charge in [-0.15, -0.1) is 5.10 Å². The lowest BCUT2D eigenvalue weighted by atomic mass is 10.1. The molecule has 16 heteroatoms. The molecule has 0 unspecified atom stereocenters. The molecule has 2 aliphatic rings. The smallest absolute Gasteiger partial charge is 0.414 e. The highest BCUT2D eigenvalue weighted by atomic mass is 19.1. The molecule has 0 bridgehead atoms. The normalized spacial score (nSPS) is 17.8. The first-order chi connectivity index (χ1) is 20.1. The van der Waals surface area contributed by atoms with Gasteiger partial charge in [0.15, 0.2) is 11.6 Å². The van der Waals surface area contributed by atoms with Crippen LogP contribution in [0.5, 0.6) is 0 Å². The van der Waals surface area contributed by atoms with Crippen LogP contribution in [-0.2, 0) is 22.7 Å². The first-order valence-electron chi connectivity index (χ1n) is 13.1. The summed E-state index contributed by atoms with van der Waals surface area (Å²) in [4.78, 5) is 45.1. The van der Waals surface area contributed by atoms with Crippen molar-refractivity contribution in [2.24, 2.45) is 0 Å². The molecule has 2 N–H and O–H groups in total. The predicted molar refractivity (Wildman–Crippen MR) is 140 cm³/mol. The summed E-state index contributed by atoms with van der Waals surface area (Å²) >= 11 is 0. The van der Waals surface area contributed by atoms with Crippen molar-refractivity contribution in [2.45, 2.75) is 32.2 Å². The van der Waals surface area contributed by atoms with Crippen LogP contribution in [0.25, 0.3) is 0 Å². The van der Waals surface area contributed by atoms with Gasteiger partial charge in [-0.25, -0.2) is 23.2 Å². The summed E-state index contributed by atoms with van der Waals surface area (Å²) in [7, 11) is 0. The molecule has 3 aromatic rings. The van der Waals surface area contributed by atoms with Crippen molar-refractivity contribution < 1.29 is 37.4 Å². The molecule has 0 aliphatic carbocycles. The molecule has 3 amide bonds. The van der Waals surface area contributed by atoms with Crippen LogP contribution in [0.4, 0.5) is 29.3 Å². The maximum absolute atomic E-state index is 15.2. The second kappa shape index (κ2) is 12.0. The number of aliphatic hydroxyl groups excluding tert-OH is 1. The van der Waals surface area contributed by atoms with E-state index in [0.717, 1.165) is 17.0 Å². The van der Waals surface area contributed by atoms with Gasteiger partial charge in [-0.1, -0.05) is 5.21 Å². The predicted octanol–water partition coefficient (Wildman–Crippen LogP) is 1.08. The topological polar surface area (TPSA) is 146 Å². The van der Waals surface area contributed by atoms with E-state index in [9.17, 15) is 18.8 Å². The standard InChI is InChI=1S/C26H27F3N8O5/c1-15(31-24(39)19-3-2-4-30-23(19)29)25(40)35-7-5-34(6-8-35)22-20(27)9-17(10-21(22)28)37-13-18(42-26(37)41)12-36-11-16(14-38)32-33-36/h2-4,9-11,15,18,38H,5-8,12-14H2,1H3,(H,31,39)/t15-,18-/m0/s1. The van der Waals surface area contributed by atoms with Gasteiger partial charge in [0, 0.05) is 44.5 Å². The Kier molecular flexibility index (Phi) is 8.24. The van der Waals surface area contributed by atoms with E-state index in [1.54, 1.807) is 0 Å². The summed E-state index contributed by atoms with van der Waals surface area (Å²) in [5, 5.41) is 19.1. The van der Waals surface area contributed by atoms with Crippen molar-refractivity contribution in [3.05, 3.63) is 65.5 Å². The Hall–Kier alpha value is -4.73. The Balaban J connectivity index is 1.18. The number of nitrogens with one attached hydrogen (secondary N) is 1. The number of ether oxygens (including phenoxy) is 1. The zero-order valence-corrected chi connectivity index (χ0v) is 22.4. The van der Waals surface area contributed by atoms with E-state index in [0.29, 0.717) is 5.69 Å². The summed E-state index contributed by atoms with van der Waals surface area (Å²) in [5.74, 6) is -3.94. The summed E-state index contributed by atoms with van der Waals surface area (Å²) in [6, 6.07) is 3.78. The van der Waals surface area contributed by atoms with E-state index >= 15 is 8.78 Å². The fraction of sp³-hybridized carbons (Fsp3) is 0.385. The minimum Gasteiger partial charge on any atom is -0.442 e. The van der Waals surface area contributed by atoms with Gasteiger partial charge >= 0.3 is 6.09 Å². The van der Waals surface area contributed by atoms with Crippen molar-refractivity contribution in [2.75, 3.05) is 42.5 Å². The van der Waals surface area contributed by atoms with Crippen molar-refractivity contribution in [3.63, 3.8) is 0 Å². The number of amides is 3. The number of piperazine rings is 1. The van der Waals surface area contributed by atoms with Gasteiger partial charge < -0.3 is 25.0 Å². The van der Waals surface area contributed by atoms with Crippen LogP contribution >= 0.6 is 0 Å². The van der Waals surface area contributed by atoms with E-state index in [-0.39, 0.29) is 62.8 Å². The third kappa shape index (κ3) is 5.97. The lowest BCUT2D eigenvalue weighted by Crippen LogP contribution is -2.54. The average Bonchev–Trinajstić information content (AvgIpc) is 3.58. The molecule has 0 saturated carbocycles. The van der Waals surface area contributed by atoms with Crippen molar-refractivity contribution in [1.29, 1.82) is 0 Å². The maximum atomic E-state index is 15.2. The van der Waals surface area contributed by atoms with Gasteiger partial charge in [0.1, 0.15) is 23.5 Å². The summed E-state index contributed by atoms with van der Waals surface area (Å²) in [5.41, 5.74) is -0.248. The lowest BCUT2D eigenvalue weighted by molar-refractivity contribution is -0.133. The summed E-state index contributed by atoms with van der Waals surface area (Å²) in [6.45, 7) is 1.81. The average molecular weight is 589 g/mol. The van der Waals surface area contributed by atoms with Gasteiger partial charge in [-0.05, 0) is 19.1 Å². The number of aliphatic hydroxyl groups is 1. The highest BCUT2D eigenvalue weighted by molar-refractivity contribution is 5.97. The fourth-order valence-electron chi connectivity index (χ4n) is 4.86. The number of hydrogen-bond donors (Lipinski definition) is 2. The largest absolute Gasteiger partial charge is 0.442 e. The van der Waals surface area contributed by atoms with E-state index in [1.807, 2.05) is 0 Å². The van der Waals surface area contributed by atoms with E-state index in [4.69, 9.17) is 9.84 Å². The van der Waals surface area contributed by atoms with Crippen LogP contribution < -0.4 is 15.1 Å². The number of nitrogens with zero attached hydrogens (tertiary/aromatic N) is 7. The molecule has 13 nitrogen and oxygen atoms in total. The minimum absolute atomic E-state index is 0.0145. The number of hydrogen-bond acceptors (Lipinski definition) is 9. The first-order valence-corrected chi connectivity index (χ1v) is 13.1. The fourth-order valence-corrected chi connectivity index (χ4v) is 4.86. The van der Waals surface area contributed by atoms with E-state index in [1.165, 1.54) is 45.9 Å². The van der Waals surface area contributed by atoms with Crippen molar-refractivity contribution >= 4 is 29.3 Å². The number of anilines is 2. The van der Waals surface area contributed by atoms with Gasteiger partial charge in [-0.2, -0.15) is 4.39 Å². The van der Waals surface area contributed by atoms with Crippen molar-refractivity contribution in [3.8, 4) is 0 Å². The van der Waals surface area contributed by atoms with E-state index < -0.39 is 47.6 Å². The summed E-state index contributed by atoms with van der Waals surface area (Å²) < 4.78 is 50.9. The molecule has 2 aliphatic heterocycles.